The number of rotatable bonds is 7. The van der Waals surface area contributed by atoms with Crippen molar-refractivity contribution < 1.29 is 34.8 Å². The van der Waals surface area contributed by atoms with Gasteiger partial charge in [-0.1, -0.05) is 12.1 Å². The summed E-state index contributed by atoms with van der Waals surface area (Å²) in [4.78, 5) is 35.1. The molecular weight excluding hydrogens is 348 g/mol. The van der Waals surface area contributed by atoms with Crippen LogP contribution in [-0.2, 0) is 9.59 Å². The maximum absolute atomic E-state index is 10.6. The number of ether oxygens (including phenoxy) is 1. The molecule has 0 saturated heterocycles. The van der Waals surface area contributed by atoms with Crippen molar-refractivity contribution in [1.82, 2.24) is 0 Å². The Morgan fingerprint density at radius 2 is 1.77 bits per heavy atom. The number of hydrogen-bond acceptors (Lipinski definition) is 6. The van der Waals surface area contributed by atoms with Gasteiger partial charge in [0.1, 0.15) is 17.4 Å². The van der Waals surface area contributed by atoms with E-state index in [0.717, 1.165) is 0 Å². The van der Waals surface area contributed by atoms with E-state index in [1.807, 2.05) is 0 Å². The van der Waals surface area contributed by atoms with Gasteiger partial charge in [0, 0.05) is 13.5 Å². The van der Waals surface area contributed by atoms with E-state index >= 15 is 0 Å². The molecule has 1 aromatic carbocycles. The predicted octanol–water partition coefficient (Wildman–Crippen LogP) is -1.06. The maximum Gasteiger partial charge on any atom is 0.339 e. The highest BCUT2D eigenvalue weighted by Gasteiger charge is 2.11. The minimum atomic E-state index is -1.11. The molecule has 0 heterocycles. The molecule has 0 unspecified atom stereocenters. The molecule has 0 aliphatic carbocycles. The Balaban J connectivity index is 0. The zero-order valence-corrected chi connectivity index (χ0v) is 14.2. The van der Waals surface area contributed by atoms with E-state index in [-0.39, 0.29) is 22.7 Å². The first-order valence-corrected chi connectivity index (χ1v) is 7.19. The number of benzene rings is 1. The van der Waals surface area contributed by atoms with Crippen molar-refractivity contribution in [2.75, 3.05) is 6.54 Å². The number of esters is 1. The molecule has 26 heavy (non-hydrogen) atoms. The lowest BCUT2D eigenvalue weighted by Gasteiger charge is -2.03. The first kappa shape index (κ1) is 25.1. The second kappa shape index (κ2) is 13.1. The van der Waals surface area contributed by atoms with Crippen LogP contribution in [0.4, 0.5) is 0 Å². The normalized spacial score (nSPS) is 10.2. The quantitative estimate of drug-likeness (QED) is 0.129. The highest BCUT2D eigenvalue weighted by molar-refractivity contribution is 5.91. The van der Waals surface area contributed by atoms with Crippen LogP contribution in [0, 0.1) is 0 Å². The third-order valence-electron chi connectivity index (χ3n) is 2.66. The fourth-order valence-electron chi connectivity index (χ4n) is 1.53. The van der Waals surface area contributed by atoms with E-state index < -0.39 is 23.9 Å². The van der Waals surface area contributed by atoms with Crippen molar-refractivity contribution in [2.45, 2.75) is 25.8 Å². The summed E-state index contributed by atoms with van der Waals surface area (Å²) in [5.41, 5.74) is 15.3. The smallest absolute Gasteiger partial charge is 0.339 e. The standard InChI is InChI=1S/C9H8O4.C6H14N4O2.H2O/c1-6(10)13-8-5-3-2-4-7(8)9(11)12;7-4(5(11)12)2-1-3-10-6(8)9;/h2-5H,1H3,(H,11,12);4H,1-3,7H2,(H,11,12)(H4,8,9,10);1H2/t;4-;/m.0./s1. The summed E-state index contributed by atoms with van der Waals surface area (Å²) in [5.74, 6) is -2.56. The van der Waals surface area contributed by atoms with Gasteiger partial charge >= 0.3 is 17.9 Å². The number of carboxylic acids is 2. The molecule has 0 spiro atoms. The number of carbonyl (C=O) groups excluding carboxylic acids is 1. The number of aliphatic imine (C=N–C) groups is 1. The molecule has 11 nitrogen and oxygen atoms in total. The summed E-state index contributed by atoms with van der Waals surface area (Å²) >= 11 is 0. The van der Waals surface area contributed by atoms with Crippen LogP contribution < -0.4 is 21.9 Å². The second-order valence-electron chi connectivity index (χ2n) is 4.79. The van der Waals surface area contributed by atoms with Crippen LogP contribution in [0.2, 0.25) is 0 Å². The van der Waals surface area contributed by atoms with Gasteiger partial charge in [0.2, 0.25) is 0 Å². The highest BCUT2D eigenvalue weighted by atomic mass is 16.5. The van der Waals surface area contributed by atoms with E-state index in [2.05, 4.69) is 9.73 Å². The van der Waals surface area contributed by atoms with Gasteiger partial charge in [-0.25, -0.2) is 4.79 Å². The lowest BCUT2D eigenvalue weighted by atomic mass is 10.2. The van der Waals surface area contributed by atoms with Gasteiger partial charge in [0.25, 0.3) is 0 Å². The Hall–Kier alpha value is -3.18. The zero-order chi connectivity index (χ0) is 19.4. The molecule has 11 heteroatoms. The average Bonchev–Trinajstić information content (AvgIpc) is 2.51. The Morgan fingerprint density at radius 1 is 1.19 bits per heavy atom. The van der Waals surface area contributed by atoms with Crippen LogP contribution in [0.5, 0.6) is 5.75 Å². The Labute approximate surface area is 149 Å². The third-order valence-corrected chi connectivity index (χ3v) is 2.66. The largest absolute Gasteiger partial charge is 0.480 e. The molecule has 0 aliphatic rings. The van der Waals surface area contributed by atoms with Crippen molar-refractivity contribution in [2.24, 2.45) is 22.2 Å². The van der Waals surface area contributed by atoms with Crippen molar-refractivity contribution >= 4 is 23.9 Å². The number of hydrogen-bond donors (Lipinski definition) is 5. The van der Waals surface area contributed by atoms with Crippen molar-refractivity contribution in [3.63, 3.8) is 0 Å². The highest BCUT2D eigenvalue weighted by Crippen LogP contribution is 2.17. The molecule has 10 N–H and O–H groups in total. The summed E-state index contributed by atoms with van der Waals surface area (Å²) < 4.78 is 4.69. The van der Waals surface area contributed by atoms with Crippen molar-refractivity contribution in [3.05, 3.63) is 29.8 Å². The van der Waals surface area contributed by atoms with Gasteiger partial charge in [0.05, 0.1) is 0 Å². The molecular formula is C15H24N4O7. The Kier molecular flexibility index (Phi) is 12.7. The number of nitrogens with two attached hydrogens (primary N) is 3. The second-order valence-corrected chi connectivity index (χ2v) is 4.79. The summed E-state index contributed by atoms with van der Waals surface area (Å²) in [6, 6.07) is 5.16. The van der Waals surface area contributed by atoms with Crippen LogP contribution in [0.1, 0.15) is 30.1 Å². The fourth-order valence-corrected chi connectivity index (χ4v) is 1.53. The Bertz CT molecular complexity index is 630. The summed E-state index contributed by atoms with van der Waals surface area (Å²) in [7, 11) is 0. The topological polar surface area (TPSA) is 223 Å². The number of carboxylic acid groups (broad SMARTS) is 2. The van der Waals surface area contributed by atoms with Crippen molar-refractivity contribution in [1.29, 1.82) is 0 Å². The van der Waals surface area contributed by atoms with Crippen LogP contribution in [0.25, 0.3) is 0 Å². The van der Waals surface area contributed by atoms with Crippen LogP contribution in [-0.4, -0.2) is 52.1 Å². The number of aliphatic carboxylic acids is 1. The SMILES string of the molecule is CC(=O)Oc1ccccc1C(=O)O.NC(N)=NCCC[C@H](N)C(=O)O.O. The molecule has 0 aromatic heterocycles. The first-order valence-electron chi connectivity index (χ1n) is 7.19. The van der Waals surface area contributed by atoms with Gasteiger partial charge in [-0.05, 0) is 25.0 Å². The first-order chi connectivity index (χ1) is 11.6. The monoisotopic (exact) mass is 372 g/mol. The molecule has 1 atom stereocenters. The van der Waals surface area contributed by atoms with Crippen LogP contribution >= 0.6 is 0 Å². The van der Waals surface area contributed by atoms with Crippen molar-refractivity contribution in [3.8, 4) is 5.75 Å². The number of aromatic carboxylic acids is 1. The van der Waals surface area contributed by atoms with Gasteiger partial charge < -0.3 is 37.6 Å². The van der Waals surface area contributed by atoms with E-state index in [1.54, 1.807) is 12.1 Å². The molecule has 1 aromatic rings. The number of nitrogens with zero attached hydrogens (tertiary/aromatic N) is 1. The minimum Gasteiger partial charge on any atom is -0.480 e. The van der Waals surface area contributed by atoms with E-state index in [0.29, 0.717) is 19.4 Å². The van der Waals surface area contributed by atoms with E-state index in [4.69, 9.17) is 27.4 Å². The summed E-state index contributed by atoms with van der Waals surface area (Å²) in [6.07, 6.45) is 0.956. The lowest BCUT2D eigenvalue weighted by molar-refractivity contribution is -0.138. The number of para-hydroxylation sites is 1. The van der Waals surface area contributed by atoms with Gasteiger partial charge in [-0.3, -0.25) is 14.6 Å². The molecule has 0 saturated carbocycles. The van der Waals surface area contributed by atoms with Gasteiger partial charge in [-0.2, -0.15) is 0 Å². The Morgan fingerprint density at radius 3 is 2.23 bits per heavy atom. The molecule has 146 valence electrons. The molecule has 0 bridgehead atoms. The van der Waals surface area contributed by atoms with Gasteiger partial charge in [0.15, 0.2) is 5.96 Å². The lowest BCUT2D eigenvalue weighted by Crippen LogP contribution is -2.30. The molecule has 0 amide bonds. The molecule has 0 fully saturated rings. The summed E-state index contributed by atoms with van der Waals surface area (Å²) in [5, 5.41) is 17.1. The number of carbonyl (C=O) groups is 3. The van der Waals surface area contributed by atoms with E-state index in [9.17, 15) is 14.4 Å². The molecule has 1 rings (SSSR count). The van der Waals surface area contributed by atoms with Crippen LogP contribution in [0.15, 0.2) is 29.3 Å². The minimum absolute atomic E-state index is 0. The fraction of sp³-hybridized carbons (Fsp3) is 0.333. The van der Waals surface area contributed by atoms with E-state index in [1.165, 1.54) is 19.1 Å². The molecule has 0 aliphatic heterocycles. The van der Waals surface area contributed by atoms with Crippen LogP contribution in [0.3, 0.4) is 0 Å². The third kappa shape index (κ3) is 11.4. The number of guanidine groups is 1. The molecule has 0 radical (unpaired) electrons. The predicted molar refractivity (Wildman–Crippen MR) is 93.8 cm³/mol. The zero-order valence-electron chi connectivity index (χ0n) is 14.2. The summed E-state index contributed by atoms with van der Waals surface area (Å²) in [6.45, 7) is 1.64. The van der Waals surface area contributed by atoms with Gasteiger partial charge in [-0.15, -0.1) is 0 Å². The maximum atomic E-state index is 10.6. The average molecular weight is 372 g/mol.